The summed E-state index contributed by atoms with van der Waals surface area (Å²) < 4.78 is 0. The molecule has 30 heavy (non-hydrogen) atoms. The number of benzene rings is 2. The zero-order valence-corrected chi connectivity index (χ0v) is 17.7. The van der Waals surface area contributed by atoms with Crippen LogP contribution in [0, 0.1) is 13.8 Å². The van der Waals surface area contributed by atoms with Crippen molar-refractivity contribution in [2.24, 2.45) is 0 Å². The van der Waals surface area contributed by atoms with Crippen LogP contribution in [-0.4, -0.2) is 50.9 Å². The van der Waals surface area contributed by atoms with E-state index in [0.717, 1.165) is 38.4 Å². The molecule has 1 saturated heterocycles. The van der Waals surface area contributed by atoms with E-state index < -0.39 is 0 Å². The van der Waals surface area contributed by atoms with Gasteiger partial charge in [0.25, 0.3) is 0 Å². The summed E-state index contributed by atoms with van der Waals surface area (Å²) >= 11 is 0. The van der Waals surface area contributed by atoms with Crippen LogP contribution < -0.4 is 11.1 Å². The summed E-state index contributed by atoms with van der Waals surface area (Å²) in [5.41, 5.74) is 10.7. The molecular weight excluding hydrogens is 374 g/mol. The minimum Gasteiger partial charge on any atom is -0.368 e. The number of aryl methyl sites for hydroxylation is 2. The molecule has 0 atom stereocenters. The van der Waals surface area contributed by atoms with Crippen molar-refractivity contribution in [3.63, 3.8) is 0 Å². The van der Waals surface area contributed by atoms with Gasteiger partial charge in [-0.25, -0.2) is 0 Å². The summed E-state index contributed by atoms with van der Waals surface area (Å²) in [4.78, 5) is 18.0. The van der Waals surface area contributed by atoms with Gasteiger partial charge in [-0.3, -0.25) is 9.80 Å². The van der Waals surface area contributed by atoms with Gasteiger partial charge in [0.1, 0.15) is 5.82 Å². The van der Waals surface area contributed by atoms with Crippen LogP contribution >= 0.6 is 0 Å². The van der Waals surface area contributed by atoms with E-state index in [4.69, 9.17) is 5.73 Å². The maximum absolute atomic E-state index is 5.95. The predicted octanol–water partition coefficient (Wildman–Crippen LogP) is 3.13. The molecule has 1 aliphatic heterocycles. The van der Waals surface area contributed by atoms with E-state index in [1.807, 2.05) is 6.07 Å². The highest BCUT2D eigenvalue weighted by Gasteiger charge is 2.18. The fraction of sp³-hybridized carbons (Fsp3) is 0.348. The second kappa shape index (κ2) is 9.19. The smallest absolute Gasteiger partial charge is 0.232 e. The molecule has 2 heterocycles. The number of hydrogen-bond acceptors (Lipinski definition) is 7. The van der Waals surface area contributed by atoms with E-state index >= 15 is 0 Å². The molecule has 7 nitrogen and oxygen atoms in total. The van der Waals surface area contributed by atoms with Crippen LogP contribution in [0.5, 0.6) is 0 Å². The largest absolute Gasteiger partial charge is 0.368 e. The summed E-state index contributed by atoms with van der Waals surface area (Å²) in [6.07, 6.45) is 0. The number of anilines is 3. The average molecular weight is 404 g/mol. The lowest BCUT2D eigenvalue weighted by atomic mass is 10.1. The fourth-order valence-corrected chi connectivity index (χ4v) is 3.66. The minimum absolute atomic E-state index is 0.244. The molecule has 2 aromatic carbocycles. The number of nitrogens with two attached hydrogens (primary N) is 1. The van der Waals surface area contributed by atoms with Gasteiger partial charge >= 0.3 is 0 Å². The Morgan fingerprint density at radius 1 is 0.833 bits per heavy atom. The fourth-order valence-electron chi connectivity index (χ4n) is 3.66. The highest BCUT2D eigenvalue weighted by molar-refractivity contribution is 5.56. The topological polar surface area (TPSA) is 83.2 Å². The molecule has 7 heteroatoms. The van der Waals surface area contributed by atoms with Crippen molar-refractivity contribution in [2.45, 2.75) is 26.9 Å². The summed E-state index contributed by atoms with van der Waals surface area (Å²) in [7, 11) is 0. The predicted molar refractivity (Wildman–Crippen MR) is 120 cm³/mol. The van der Waals surface area contributed by atoms with Crippen LogP contribution in [0.3, 0.4) is 0 Å². The molecule has 156 valence electrons. The van der Waals surface area contributed by atoms with Crippen molar-refractivity contribution in [3.8, 4) is 0 Å². The first-order valence-corrected chi connectivity index (χ1v) is 10.4. The van der Waals surface area contributed by atoms with E-state index in [9.17, 15) is 0 Å². The number of hydrogen-bond donors (Lipinski definition) is 2. The van der Waals surface area contributed by atoms with Crippen molar-refractivity contribution < 1.29 is 0 Å². The van der Waals surface area contributed by atoms with Gasteiger partial charge in [-0.05, 0) is 42.7 Å². The van der Waals surface area contributed by atoms with Gasteiger partial charge in [-0.2, -0.15) is 15.0 Å². The monoisotopic (exact) mass is 403 g/mol. The van der Waals surface area contributed by atoms with Crippen molar-refractivity contribution in [3.05, 3.63) is 71.0 Å². The SMILES string of the molecule is Cc1ccc(Nc2nc(N)nc(CN3CCN(Cc4ccccc4)CC3)n2)cc1C. The molecular formula is C23H29N7. The molecule has 0 radical (unpaired) electrons. The lowest BCUT2D eigenvalue weighted by Gasteiger charge is -2.34. The molecule has 1 aliphatic rings. The molecule has 0 saturated carbocycles. The summed E-state index contributed by atoms with van der Waals surface area (Å²) in [6, 6.07) is 16.8. The number of rotatable bonds is 6. The van der Waals surface area contributed by atoms with Crippen LogP contribution in [0.1, 0.15) is 22.5 Å². The Morgan fingerprint density at radius 2 is 1.53 bits per heavy atom. The van der Waals surface area contributed by atoms with Gasteiger partial charge in [-0.1, -0.05) is 36.4 Å². The number of nitrogens with zero attached hydrogens (tertiary/aromatic N) is 5. The molecule has 1 fully saturated rings. The van der Waals surface area contributed by atoms with E-state index in [-0.39, 0.29) is 5.95 Å². The van der Waals surface area contributed by atoms with Gasteiger partial charge in [0, 0.05) is 38.4 Å². The highest BCUT2D eigenvalue weighted by Crippen LogP contribution is 2.18. The standard InChI is InChI=1S/C23H29N7/c1-17-8-9-20(14-18(17)2)25-23-27-21(26-22(24)28-23)16-30-12-10-29(11-13-30)15-19-6-4-3-5-7-19/h3-9,14H,10-13,15-16H2,1-2H3,(H3,24,25,26,27,28). The Kier molecular flexibility index (Phi) is 6.21. The molecule has 0 unspecified atom stereocenters. The number of nitrogens with one attached hydrogen (secondary N) is 1. The van der Waals surface area contributed by atoms with Crippen LogP contribution in [0.15, 0.2) is 48.5 Å². The maximum Gasteiger partial charge on any atom is 0.232 e. The third kappa shape index (κ3) is 5.31. The molecule has 4 rings (SSSR count). The van der Waals surface area contributed by atoms with Crippen molar-refractivity contribution in [1.82, 2.24) is 24.8 Å². The molecule has 0 bridgehead atoms. The normalized spacial score (nSPS) is 15.3. The molecule has 0 spiro atoms. The number of nitrogen functional groups attached to an aromatic ring is 1. The third-order valence-electron chi connectivity index (χ3n) is 5.54. The van der Waals surface area contributed by atoms with Gasteiger partial charge in [0.2, 0.25) is 11.9 Å². The summed E-state index contributed by atoms with van der Waals surface area (Å²) in [5.74, 6) is 1.43. The Balaban J connectivity index is 1.35. The lowest BCUT2D eigenvalue weighted by Crippen LogP contribution is -2.45. The lowest BCUT2D eigenvalue weighted by molar-refractivity contribution is 0.120. The first kappa shape index (κ1) is 20.3. The summed E-state index contributed by atoms with van der Waals surface area (Å²) in [5, 5.41) is 3.26. The third-order valence-corrected chi connectivity index (χ3v) is 5.54. The Hall–Kier alpha value is -3.03. The summed E-state index contributed by atoms with van der Waals surface area (Å²) in [6.45, 7) is 9.89. The van der Waals surface area contributed by atoms with Crippen molar-refractivity contribution in [1.29, 1.82) is 0 Å². The minimum atomic E-state index is 0.244. The van der Waals surface area contributed by atoms with Crippen LogP contribution in [0.2, 0.25) is 0 Å². The number of aromatic nitrogens is 3. The Bertz CT molecular complexity index is 982. The van der Waals surface area contributed by atoms with Gasteiger partial charge in [0.05, 0.1) is 6.54 Å². The van der Waals surface area contributed by atoms with Crippen LogP contribution in [0.25, 0.3) is 0 Å². The molecule has 1 aromatic heterocycles. The first-order chi connectivity index (χ1) is 14.5. The van der Waals surface area contributed by atoms with E-state index in [2.05, 4.69) is 86.4 Å². The van der Waals surface area contributed by atoms with Gasteiger partial charge < -0.3 is 11.1 Å². The Labute approximate surface area is 178 Å². The quantitative estimate of drug-likeness (QED) is 0.654. The van der Waals surface area contributed by atoms with Crippen LogP contribution in [-0.2, 0) is 13.1 Å². The molecule has 0 aliphatic carbocycles. The van der Waals surface area contributed by atoms with E-state index in [1.165, 1.54) is 16.7 Å². The first-order valence-electron chi connectivity index (χ1n) is 10.4. The molecule has 3 aromatic rings. The van der Waals surface area contributed by atoms with E-state index in [0.29, 0.717) is 18.3 Å². The molecule has 3 N–H and O–H groups in total. The Morgan fingerprint density at radius 3 is 2.23 bits per heavy atom. The highest BCUT2D eigenvalue weighted by atomic mass is 15.3. The van der Waals surface area contributed by atoms with Crippen molar-refractivity contribution in [2.75, 3.05) is 37.2 Å². The van der Waals surface area contributed by atoms with Crippen LogP contribution in [0.4, 0.5) is 17.6 Å². The second-order valence-corrected chi connectivity index (χ2v) is 7.90. The van der Waals surface area contributed by atoms with Crippen molar-refractivity contribution >= 4 is 17.6 Å². The maximum atomic E-state index is 5.95. The average Bonchev–Trinajstić information content (AvgIpc) is 2.73. The zero-order chi connectivity index (χ0) is 20.9. The zero-order valence-electron chi connectivity index (χ0n) is 17.7. The second-order valence-electron chi connectivity index (χ2n) is 7.90. The van der Waals surface area contributed by atoms with Gasteiger partial charge in [0.15, 0.2) is 0 Å². The van der Waals surface area contributed by atoms with Gasteiger partial charge in [-0.15, -0.1) is 0 Å². The van der Waals surface area contributed by atoms with E-state index in [1.54, 1.807) is 0 Å². The molecule has 0 amide bonds. The number of piperazine rings is 1.